The van der Waals surface area contributed by atoms with E-state index >= 15 is 0 Å². The van der Waals surface area contributed by atoms with E-state index in [-0.39, 0.29) is 11.3 Å². The molecule has 1 aliphatic heterocycles. The van der Waals surface area contributed by atoms with Crippen LogP contribution < -0.4 is 4.74 Å². The van der Waals surface area contributed by atoms with E-state index in [1.807, 2.05) is 0 Å². The fraction of sp³-hybridized carbons (Fsp3) is 0.357. The molecule has 0 aromatic heterocycles. The summed E-state index contributed by atoms with van der Waals surface area (Å²) in [6.45, 7) is 3.13. The Labute approximate surface area is 117 Å². The summed E-state index contributed by atoms with van der Waals surface area (Å²) in [5.41, 5.74) is -0.0988. The number of benzene rings is 1. The number of hydrogen-bond acceptors (Lipinski definition) is 4. The average molecular weight is 296 g/mol. The maximum absolute atomic E-state index is 12.1. The number of ether oxygens (including phenoxy) is 1. The molecule has 1 N–H and O–H groups in total. The number of methoxy groups -OCH3 is 1. The minimum atomic E-state index is -3.52. The van der Waals surface area contributed by atoms with Crippen molar-refractivity contribution in [2.45, 2.75) is 25.2 Å². The fourth-order valence-corrected chi connectivity index (χ4v) is 3.71. The van der Waals surface area contributed by atoms with Crippen molar-refractivity contribution in [2.75, 3.05) is 7.11 Å². The van der Waals surface area contributed by atoms with E-state index < -0.39 is 21.2 Å². The van der Waals surface area contributed by atoms with Gasteiger partial charge in [-0.2, -0.15) is 0 Å². The normalized spacial score (nSPS) is 16.4. The van der Waals surface area contributed by atoms with Gasteiger partial charge in [0.05, 0.1) is 17.4 Å². The van der Waals surface area contributed by atoms with Crippen molar-refractivity contribution in [1.82, 2.24) is 0 Å². The van der Waals surface area contributed by atoms with Gasteiger partial charge in [0, 0.05) is 11.0 Å². The summed E-state index contributed by atoms with van der Waals surface area (Å²) >= 11 is 0. The van der Waals surface area contributed by atoms with Crippen LogP contribution in [0.1, 0.15) is 25.8 Å². The number of fused-ring (bicyclic) bond motifs is 1. The van der Waals surface area contributed by atoms with E-state index in [0.717, 1.165) is 5.41 Å². The molecule has 1 heterocycles. The number of carbonyl (C=O) groups is 1. The smallest absolute Gasteiger partial charge is 0.309 e. The highest BCUT2D eigenvalue weighted by Gasteiger charge is 2.35. The Kier molecular flexibility index (Phi) is 3.37. The average Bonchev–Trinajstić information content (AvgIpc) is 2.60. The summed E-state index contributed by atoms with van der Waals surface area (Å²) in [7, 11) is -2.06. The lowest BCUT2D eigenvalue weighted by molar-refractivity contribution is -0.146. The van der Waals surface area contributed by atoms with Gasteiger partial charge in [-0.25, -0.2) is 8.42 Å². The molecule has 0 fully saturated rings. The lowest BCUT2D eigenvalue weighted by Crippen LogP contribution is -2.23. The van der Waals surface area contributed by atoms with Crippen LogP contribution in [0.4, 0.5) is 0 Å². The van der Waals surface area contributed by atoms with Crippen LogP contribution in [-0.2, 0) is 14.6 Å². The molecule has 6 heteroatoms. The predicted molar refractivity (Wildman–Crippen MR) is 74.2 cm³/mol. The molecule has 1 aromatic rings. The third-order valence-corrected chi connectivity index (χ3v) is 4.89. The van der Waals surface area contributed by atoms with Gasteiger partial charge < -0.3 is 9.84 Å². The van der Waals surface area contributed by atoms with Gasteiger partial charge in [0.1, 0.15) is 5.75 Å². The standard InChI is InChI=1S/C14H16O5S/c1-14(2,13(15)16)7-9-8-20(17,18)11-6-4-5-10(19-3)12(9)11/h4-6,8H,7H2,1-3H3,(H,15,16). The van der Waals surface area contributed by atoms with Gasteiger partial charge in [-0.15, -0.1) is 0 Å². The number of rotatable bonds is 4. The maximum atomic E-state index is 12.1. The van der Waals surface area contributed by atoms with E-state index in [1.54, 1.807) is 26.0 Å². The number of hydrogen-bond donors (Lipinski definition) is 1. The molecule has 20 heavy (non-hydrogen) atoms. The van der Waals surface area contributed by atoms with Crippen molar-refractivity contribution < 1.29 is 23.1 Å². The molecule has 0 radical (unpaired) electrons. The molecule has 0 saturated heterocycles. The molecule has 0 bridgehead atoms. The number of carboxylic acid groups (broad SMARTS) is 1. The Morgan fingerprint density at radius 3 is 2.55 bits per heavy atom. The van der Waals surface area contributed by atoms with Crippen LogP contribution in [0.15, 0.2) is 28.5 Å². The van der Waals surface area contributed by atoms with Crippen LogP contribution >= 0.6 is 0 Å². The third kappa shape index (κ3) is 2.31. The first kappa shape index (κ1) is 14.6. The second kappa shape index (κ2) is 4.63. The predicted octanol–water partition coefficient (Wildman–Crippen LogP) is 2.32. The first-order chi connectivity index (χ1) is 9.19. The molecule has 1 aromatic carbocycles. The Morgan fingerprint density at radius 2 is 2.00 bits per heavy atom. The summed E-state index contributed by atoms with van der Waals surface area (Å²) in [5.74, 6) is -0.532. The number of sulfone groups is 1. The van der Waals surface area contributed by atoms with E-state index in [2.05, 4.69) is 0 Å². The van der Waals surface area contributed by atoms with Gasteiger partial charge in [-0.05, 0) is 38.0 Å². The molecular weight excluding hydrogens is 280 g/mol. The van der Waals surface area contributed by atoms with Gasteiger partial charge in [0.15, 0.2) is 0 Å². The third-order valence-electron chi connectivity index (χ3n) is 3.34. The summed E-state index contributed by atoms with van der Waals surface area (Å²) < 4.78 is 29.4. The van der Waals surface area contributed by atoms with E-state index in [1.165, 1.54) is 13.2 Å². The van der Waals surface area contributed by atoms with Crippen molar-refractivity contribution in [3.63, 3.8) is 0 Å². The van der Waals surface area contributed by atoms with Crippen molar-refractivity contribution in [1.29, 1.82) is 0 Å². The highest BCUT2D eigenvalue weighted by Crippen LogP contribution is 2.44. The van der Waals surface area contributed by atoms with Gasteiger partial charge in [0.25, 0.3) is 0 Å². The zero-order chi connectivity index (χ0) is 15.1. The summed E-state index contributed by atoms with van der Waals surface area (Å²) in [5, 5.41) is 10.3. The van der Waals surface area contributed by atoms with Crippen LogP contribution in [0.5, 0.6) is 5.75 Å². The SMILES string of the molecule is COc1cccc2c1C(CC(C)(C)C(=O)O)=CS2(=O)=O. The molecule has 0 aliphatic carbocycles. The zero-order valence-corrected chi connectivity index (χ0v) is 12.3. The Hall–Kier alpha value is -1.82. The second-order valence-electron chi connectivity index (χ2n) is 5.39. The minimum Gasteiger partial charge on any atom is -0.496 e. The van der Waals surface area contributed by atoms with Gasteiger partial charge in [-0.1, -0.05) is 6.07 Å². The largest absolute Gasteiger partial charge is 0.496 e. The summed E-state index contributed by atoms with van der Waals surface area (Å²) in [6, 6.07) is 4.78. The maximum Gasteiger partial charge on any atom is 0.309 e. The number of carboxylic acids is 1. The first-order valence-electron chi connectivity index (χ1n) is 6.05. The molecule has 1 aliphatic rings. The zero-order valence-electron chi connectivity index (χ0n) is 11.5. The van der Waals surface area contributed by atoms with Crippen LogP contribution in [0.2, 0.25) is 0 Å². The van der Waals surface area contributed by atoms with Gasteiger partial charge in [-0.3, -0.25) is 4.79 Å². The van der Waals surface area contributed by atoms with Crippen molar-refractivity contribution in [2.24, 2.45) is 5.41 Å². The molecule has 0 spiro atoms. The molecular formula is C14H16O5S. The fourth-order valence-electron chi connectivity index (χ4n) is 2.23. The molecule has 0 amide bonds. The van der Waals surface area contributed by atoms with Crippen LogP contribution in [0.25, 0.3) is 5.57 Å². The molecule has 0 unspecified atom stereocenters. The first-order valence-corrected chi connectivity index (χ1v) is 7.60. The highest BCUT2D eigenvalue weighted by atomic mass is 32.2. The van der Waals surface area contributed by atoms with Crippen molar-refractivity contribution >= 4 is 21.4 Å². The van der Waals surface area contributed by atoms with Gasteiger partial charge in [0.2, 0.25) is 9.84 Å². The van der Waals surface area contributed by atoms with Crippen molar-refractivity contribution in [3.05, 3.63) is 29.2 Å². The number of aliphatic carboxylic acids is 1. The Morgan fingerprint density at radius 1 is 1.35 bits per heavy atom. The summed E-state index contributed by atoms with van der Waals surface area (Å²) in [6.07, 6.45) is 0.120. The van der Waals surface area contributed by atoms with E-state index in [9.17, 15) is 18.3 Å². The molecule has 108 valence electrons. The van der Waals surface area contributed by atoms with Gasteiger partial charge >= 0.3 is 5.97 Å². The lowest BCUT2D eigenvalue weighted by Gasteiger charge is -2.20. The monoisotopic (exact) mass is 296 g/mol. The van der Waals surface area contributed by atoms with Crippen LogP contribution in [0, 0.1) is 5.41 Å². The van der Waals surface area contributed by atoms with Crippen molar-refractivity contribution in [3.8, 4) is 5.75 Å². The van der Waals surface area contributed by atoms with Crippen LogP contribution in [-0.4, -0.2) is 26.6 Å². The molecule has 0 saturated carbocycles. The summed E-state index contributed by atoms with van der Waals surface area (Å²) in [4.78, 5) is 11.4. The highest BCUT2D eigenvalue weighted by molar-refractivity contribution is 7.95. The lowest BCUT2D eigenvalue weighted by atomic mass is 9.84. The molecule has 0 atom stereocenters. The minimum absolute atomic E-state index is 0.120. The number of allylic oxidation sites excluding steroid dienone is 1. The van der Waals surface area contributed by atoms with E-state index in [4.69, 9.17) is 4.74 Å². The Balaban J connectivity index is 2.57. The quantitative estimate of drug-likeness (QED) is 0.922. The topological polar surface area (TPSA) is 80.7 Å². The molecule has 5 nitrogen and oxygen atoms in total. The Bertz CT molecular complexity index is 698. The second-order valence-corrected chi connectivity index (χ2v) is 7.15. The van der Waals surface area contributed by atoms with E-state index in [0.29, 0.717) is 16.9 Å². The molecule has 2 rings (SSSR count). The van der Waals surface area contributed by atoms with Crippen LogP contribution in [0.3, 0.4) is 0 Å².